The normalized spacial score (nSPS) is 11.7. The van der Waals surface area contributed by atoms with Gasteiger partial charge in [-0.2, -0.15) is 0 Å². The van der Waals surface area contributed by atoms with Gasteiger partial charge < -0.3 is 15.8 Å². The van der Waals surface area contributed by atoms with Crippen molar-refractivity contribution in [2.75, 3.05) is 7.11 Å². The number of nitrogens with one attached hydrogen (secondary N) is 1. The summed E-state index contributed by atoms with van der Waals surface area (Å²) < 4.78 is 5.08. The molecule has 0 bridgehead atoms. The Balaban J connectivity index is 2.95. The van der Waals surface area contributed by atoms with E-state index in [1.54, 1.807) is 19.1 Å². The second kappa shape index (κ2) is 5.84. The van der Waals surface area contributed by atoms with Crippen molar-refractivity contribution in [2.45, 2.75) is 13.0 Å². The quantitative estimate of drug-likeness (QED) is 0.820. The fraction of sp³-hybridized carbons (Fsp3) is 0.273. The third-order valence-electron chi connectivity index (χ3n) is 2.18. The molecule has 0 aliphatic carbocycles. The van der Waals surface area contributed by atoms with Gasteiger partial charge in [0.1, 0.15) is 5.75 Å². The minimum absolute atomic E-state index is 0.222. The van der Waals surface area contributed by atoms with E-state index in [2.05, 4.69) is 5.32 Å². The number of carbonyl (C=O) groups excluding carboxylic acids is 1. The number of methoxy groups -OCH3 is 1. The number of hydrogen-bond donors (Lipinski definition) is 2. The first-order valence-corrected chi connectivity index (χ1v) is 5.68. The number of benzene rings is 1. The molecule has 3 N–H and O–H groups in total. The van der Waals surface area contributed by atoms with Crippen molar-refractivity contribution in [3.8, 4) is 5.75 Å². The first kappa shape index (κ1) is 13.7. The Morgan fingerprint density at radius 1 is 1.59 bits per heavy atom. The molecule has 4 nitrogen and oxygen atoms in total. The summed E-state index contributed by atoms with van der Waals surface area (Å²) in [5, 5.41) is 3.11. The molecule has 92 valence electrons. The molecule has 0 radical (unpaired) electrons. The first-order valence-electron chi connectivity index (χ1n) is 4.89. The largest absolute Gasteiger partial charge is 0.496 e. The summed E-state index contributed by atoms with van der Waals surface area (Å²) in [5.41, 5.74) is 5.77. The van der Waals surface area contributed by atoms with Crippen LogP contribution in [0.25, 0.3) is 0 Å². The van der Waals surface area contributed by atoms with Crippen LogP contribution in [0.5, 0.6) is 5.75 Å². The lowest BCUT2D eigenvalue weighted by molar-refractivity contribution is 0.0946. The van der Waals surface area contributed by atoms with Crippen molar-refractivity contribution in [1.82, 2.24) is 5.32 Å². The summed E-state index contributed by atoms with van der Waals surface area (Å²) in [6.07, 6.45) is 0. The second-order valence-corrected chi connectivity index (χ2v) is 4.35. The predicted molar refractivity (Wildman–Crippen MR) is 71.7 cm³/mol. The van der Waals surface area contributed by atoms with Crippen LogP contribution in [0.15, 0.2) is 18.2 Å². The van der Waals surface area contributed by atoms with Crippen LogP contribution in [-0.2, 0) is 0 Å². The highest BCUT2D eigenvalue weighted by atomic mass is 35.5. The van der Waals surface area contributed by atoms with Gasteiger partial charge in [0.2, 0.25) is 0 Å². The zero-order valence-corrected chi connectivity index (χ0v) is 11.1. The van der Waals surface area contributed by atoms with Crippen molar-refractivity contribution < 1.29 is 9.53 Å². The van der Waals surface area contributed by atoms with Crippen LogP contribution in [0.2, 0.25) is 5.02 Å². The number of thiocarbonyl (C=S) groups is 1. The third kappa shape index (κ3) is 3.57. The molecule has 0 heterocycles. The topological polar surface area (TPSA) is 64.3 Å². The van der Waals surface area contributed by atoms with Crippen LogP contribution in [0, 0.1) is 0 Å². The summed E-state index contributed by atoms with van der Waals surface area (Å²) in [4.78, 5) is 12.1. The zero-order chi connectivity index (χ0) is 13.0. The number of halogens is 1. The molecule has 0 fully saturated rings. The number of ether oxygens (including phenoxy) is 1. The smallest absolute Gasteiger partial charge is 0.255 e. The van der Waals surface area contributed by atoms with E-state index in [4.69, 9.17) is 34.3 Å². The molecule has 0 aromatic heterocycles. The number of rotatable bonds is 4. The molecule has 1 aromatic rings. The van der Waals surface area contributed by atoms with Crippen LogP contribution in [0.3, 0.4) is 0 Å². The van der Waals surface area contributed by atoms with E-state index in [9.17, 15) is 4.79 Å². The van der Waals surface area contributed by atoms with Gasteiger partial charge in [0.15, 0.2) is 0 Å². The Morgan fingerprint density at radius 2 is 2.24 bits per heavy atom. The van der Waals surface area contributed by atoms with E-state index in [0.29, 0.717) is 16.3 Å². The predicted octanol–water partition coefficient (Wildman–Crippen LogP) is 1.75. The number of carbonyl (C=O) groups is 1. The Bertz CT molecular complexity index is 451. The van der Waals surface area contributed by atoms with Crippen LogP contribution >= 0.6 is 23.8 Å². The summed E-state index contributed by atoms with van der Waals surface area (Å²) in [7, 11) is 1.48. The highest BCUT2D eigenvalue weighted by Gasteiger charge is 2.16. The molecule has 1 atom stereocenters. The average Bonchev–Trinajstić information content (AvgIpc) is 2.28. The number of amides is 1. The molecule has 17 heavy (non-hydrogen) atoms. The van der Waals surface area contributed by atoms with Crippen molar-refractivity contribution in [1.29, 1.82) is 0 Å². The van der Waals surface area contributed by atoms with Gasteiger partial charge in [-0.05, 0) is 25.1 Å². The monoisotopic (exact) mass is 272 g/mol. The molecule has 1 unspecified atom stereocenters. The first-order chi connectivity index (χ1) is 7.95. The van der Waals surface area contributed by atoms with Crippen LogP contribution < -0.4 is 15.8 Å². The molecular weight excluding hydrogens is 260 g/mol. The maximum atomic E-state index is 11.9. The van der Waals surface area contributed by atoms with Gasteiger partial charge in [-0.15, -0.1) is 0 Å². The Labute approximate surface area is 110 Å². The van der Waals surface area contributed by atoms with E-state index in [1.165, 1.54) is 13.2 Å². The fourth-order valence-corrected chi connectivity index (χ4v) is 1.43. The maximum Gasteiger partial charge on any atom is 0.255 e. The van der Waals surface area contributed by atoms with E-state index < -0.39 is 0 Å². The highest BCUT2D eigenvalue weighted by Crippen LogP contribution is 2.22. The standard InChI is InChI=1S/C11H13ClN2O2S/c1-6(10(13)17)14-11(15)8-5-7(12)3-4-9(8)16-2/h3-6H,1-2H3,(H2,13,17)(H,14,15). The number of hydrogen-bond acceptors (Lipinski definition) is 3. The van der Waals surface area contributed by atoms with Gasteiger partial charge in [0.25, 0.3) is 5.91 Å². The number of nitrogens with two attached hydrogens (primary N) is 1. The van der Waals surface area contributed by atoms with E-state index >= 15 is 0 Å². The fourth-order valence-electron chi connectivity index (χ4n) is 1.20. The van der Waals surface area contributed by atoms with Crippen molar-refractivity contribution in [3.05, 3.63) is 28.8 Å². The summed E-state index contributed by atoms with van der Waals surface area (Å²) in [6, 6.07) is 4.42. The Hall–Kier alpha value is -1.33. The molecule has 0 aliphatic rings. The van der Waals surface area contributed by atoms with Crippen LogP contribution in [0.4, 0.5) is 0 Å². The van der Waals surface area contributed by atoms with E-state index in [0.717, 1.165) is 0 Å². The van der Waals surface area contributed by atoms with E-state index in [-0.39, 0.29) is 16.9 Å². The second-order valence-electron chi connectivity index (χ2n) is 3.44. The highest BCUT2D eigenvalue weighted by molar-refractivity contribution is 7.80. The minimum atomic E-state index is -0.388. The van der Waals surface area contributed by atoms with Crippen LogP contribution in [0.1, 0.15) is 17.3 Å². The lowest BCUT2D eigenvalue weighted by atomic mass is 10.1. The molecule has 6 heteroatoms. The zero-order valence-electron chi connectivity index (χ0n) is 9.49. The van der Waals surface area contributed by atoms with Crippen molar-refractivity contribution in [2.24, 2.45) is 5.73 Å². The SMILES string of the molecule is COc1ccc(Cl)cc1C(=O)NC(C)C(N)=S. The maximum absolute atomic E-state index is 11.9. The molecule has 0 saturated carbocycles. The molecule has 0 spiro atoms. The summed E-state index contributed by atoms with van der Waals surface area (Å²) in [6.45, 7) is 1.71. The van der Waals surface area contributed by atoms with Gasteiger partial charge in [-0.25, -0.2) is 0 Å². The van der Waals surface area contributed by atoms with Gasteiger partial charge in [0.05, 0.1) is 23.7 Å². The van der Waals surface area contributed by atoms with Gasteiger partial charge in [-0.1, -0.05) is 23.8 Å². The minimum Gasteiger partial charge on any atom is -0.496 e. The van der Waals surface area contributed by atoms with Gasteiger partial charge >= 0.3 is 0 Å². The molecule has 0 saturated heterocycles. The van der Waals surface area contributed by atoms with Crippen molar-refractivity contribution in [3.63, 3.8) is 0 Å². The average molecular weight is 273 g/mol. The van der Waals surface area contributed by atoms with Gasteiger partial charge in [-0.3, -0.25) is 4.79 Å². The Morgan fingerprint density at radius 3 is 2.76 bits per heavy atom. The summed E-state index contributed by atoms with van der Waals surface area (Å²) >= 11 is 10.6. The molecule has 0 aliphatic heterocycles. The molecule has 1 amide bonds. The van der Waals surface area contributed by atoms with E-state index in [1.807, 2.05) is 0 Å². The lowest BCUT2D eigenvalue weighted by Gasteiger charge is -2.14. The van der Waals surface area contributed by atoms with Crippen molar-refractivity contribution >= 4 is 34.7 Å². The molecular formula is C11H13ClN2O2S. The Kier molecular flexibility index (Phi) is 4.72. The lowest BCUT2D eigenvalue weighted by Crippen LogP contribution is -2.41. The van der Waals surface area contributed by atoms with Gasteiger partial charge in [0, 0.05) is 5.02 Å². The summed E-state index contributed by atoms with van der Waals surface area (Å²) in [5.74, 6) is 0.117. The molecule has 1 aromatic carbocycles. The molecule has 1 rings (SSSR count). The third-order valence-corrected chi connectivity index (χ3v) is 2.77. The van der Waals surface area contributed by atoms with Crippen LogP contribution in [-0.4, -0.2) is 24.0 Å².